The molecule has 0 radical (unpaired) electrons. The molecule has 4 nitrogen and oxygen atoms in total. The molecule has 3 heterocycles. The molecular formula is C22H16ClN3OS. The maximum Gasteiger partial charge on any atom is 0.277 e. The molecule has 0 spiro atoms. The Morgan fingerprint density at radius 1 is 1.07 bits per heavy atom. The lowest BCUT2D eigenvalue weighted by Gasteiger charge is -2.25. The molecule has 1 atom stereocenters. The molecular weight excluding hydrogens is 390 g/mol. The number of thiophene rings is 1. The van der Waals surface area contributed by atoms with Crippen LogP contribution >= 0.6 is 22.9 Å². The largest absolute Gasteiger partial charge is 0.294 e. The van der Waals surface area contributed by atoms with Gasteiger partial charge < -0.3 is 0 Å². The van der Waals surface area contributed by atoms with Crippen molar-refractivity contribution in [3.8, 4) is 11.3 Å². The second kappa shape index (κ2) is 6.62. The highest BCUT2D eigenvalue weighted by Gasteiger charge is 2.43. The molecule has 2 aromatic heterocycles. The van der Waals surface area contributed by atoms with Crippen molar-refractivity contribution in [2.45, 2.75) is 13.0 Å². The molecule has 2 aromatic carbocycles. The SMILES string of the molecule is Cc1ccc(N2C(=O)c3[nH]nc(-c4ccc(Cl)cc4)c3C2c2cccs2)cc1. The summed E-state index contributed by atoms with van der Waals surface area (Å²) in [6.45, 7) is 2.04. The number of hydrogen-bond acceptors (Lipinski definition) is 3. The highest BCUT2D eigenvalue weighted by molar-refractivity contribution is 7.10. The summed E-state index contributed by atoms with van der Waals surface area (Å²) in [5, 5.41) is 10.2. The number of rotatable bonds is 3. The fourth-order valence-electron chi connectivity index (χ4n) is 3.66. The molecule has 5 rings (SSSR count). The smallest absolute Gasteiger partial charge is 0.277 e. The van der Waals surface area contributed by atoms with Gasteiger partial charge in [0.15, 0.2) is 0 Å². The average molecular weight is 406 g/mol. The first-order valence-electron chi connectivity index (χ1n) is 8.91. The van der Waals surface area contributed by atoms with Gasteiger partial charge in [0.25, 0.3) is 5.91 Å². The molecule has 28 heavy (non-hydrogen) atoms. The van der Waals surface area contributed by atoms with Crippen LogP contribution in [-0.4, -0.2) is 16.1 Å². The topological polar surface area (TPSA) is 49.0 Å². The van der Waals surface area contributed by atoms with Crippen molar-refractivity contribution in [1.82, 2.24) is 10.2 Å². The van der Waals surface area contributed by atoms with Crippen LogP contribution in [0.1, 0.15) is 32.5 Å². The van der Waals surface area contributed by atoms with E-state index in [0.717, 1.165) is 32.9 Å². The number of halogens is 1. The Bertz CT molecular complexity index is 1150. The van der Waals surface area contributed by atoms with Crippen molar-refractivity contribution in [3.63, 3.8) is 0 Å². The summed E-state index contributed by atoms with van der Waals surface area (Å²) in [5.74, 6) is -0.0648. The van der Waals surface area contributed by atoms with E-state index in [9.17, 15) is 4.79 Å². The number of aryl methyl sites for hydroxylation is 1. The molecule has 1 amide bonds. The van der Waals surface area contributed by atoms with Crippen LogP contribution in [0.15, 0.2) is 66.0 Å². The van der Waals surface area contributed by atoms with Crippen molar-refractivity contribution in [2.75, 3.05) is 4.90 Å². The van der Waals surface area contributed by atoms with Crippen LogP contribution in [0.4, 0.5) is 5.69 Å². The van der Waals surface area contributed by atoms with Gasteiger partial charge >= 0.3 is 0 Å². The summed E-state index contributed by atoms with van der Waals surface area (Å²) in [4.78, 5) is 16.3. The average Bonchev–Trinajstić information content (AvgIpc) is 3.42. The van der Waals surface area contributed by atoms with E-state index in [1.165, 1.54) is 0 Å². The predicted molar refractivity (Wildman–Crippen MR) is 113 cm³/mol. The van der Waals surface area contributed by atoms with Gasteiger partial charge in [-0.25, -0.2) is 0 Å². The Kier molecular flexibility index (Phi) is 4.07. The van der Waals surface area contributed by atoms with Gasteiger partial charge in [-0.05, 0) is 42.6 Å². The molecule has 138 valence electrons. The first-order valence-corrected chi connectivity index (χ1v) is 10.2. The number of aromatic amines is 1. The number of carbonyl (C=O) groups excluding carboxylic acids is 1. The van der Waals surface area contributed by atoms with E-state index in [0.29, 0.717) is 10.7 Å². The second-order valence-electron chi connectivity index (χ2n) is 6.80. The minimum atomic E-state index is -0.213. The third-order valence-corrected chi connectivity index (χ3v) is 6.19. The molecule has 0 fully saturated rings. The summed E-state index contributed by atoms with van der Waals surface area (Å²) in [7, 11) is 0. The molecule has 1 unspecified atom stereocenters. The van der Waals surface area contributed by atoms with Crippen molar-refractivity contribution in [3.05, 3.63) is 92.8 Å². The Balaban J connectivity index is 1.70. The van der Waals surface area contributed by atoms with Gasteiger partial charge in [0, 0.05) is 26.7 Å². The summed E-state index contributed by atoms with van der Waals surface area (Å²) in [6.07, 6.45) is 0. The molecule has 1 N–H and O–H groups in total. The van der Waals surface area contributed by atoms with E-state index in [1.54, 1.807) is 11.3 Å². The number of benzene rings is 2. The first-order chi connectivity index (χ1) is 13.6. The van der Waals surface area contributed by atoms with Gasteiger partial charge in [-0.1, -0.05) is 47.5 Å². The minimum absolute atomic E-state index is 0.0648. The van der Waals surface area contributed by atoms with Crippen molar-refractivity contribution in [2.24, 2.45) is 0 Å². The van der Waals surface area contributed by atoms with E-state index in [-0.39, 0.29) is 11.9 Å². The lowest BCUT2D eigenvalue weighted by molar-refractivity contribution is 0.0989. The highest BCUT2D eigenvalue weighted by Crippen LogP contribution is 2.46. The maximum absolute atomic E-state index is 13.3. The summed E-state index contributed by atoms with van der Waals surface area (Å²) < 4.78 is 0. The molecule has 1 aliphatic rings. The Morgan fingerprint density at radius 3 is 2.50 bits per heavy atom. The van der Waals surface area contributed by atoms with Gasteiger partial charge in [-0.3, -0.25) is 14.8 Å². The Morgan fingerprint density at radius 2 is 1.82 bits per heavy atom. The lowest BCUT2D eigenvalue weighted by atomic mass is 10.0. The third kappa shape index (κ3) is 2.66. The van der Waals surface area contributed by atoms with Gasteiger partial charge in [-0.2, -0.15) is 5.10 Å². The number of carbonyl (C=O) groups is 1. The summed E-state index contributed by atoms with van der Waals surface area (Å²) in [5.41, 5.74) is 5.21. The molecule has 0 bridgehead atoms. The van der Waals surface area contributed by atoms with Crippen LogP contribution in [0.3, 0.4) is 0 Å². The van der Waals surface area contributed by atoms with Crippen LogP contribution in [0.25, 0.3) is 11.3 Å². The fraction of sp³-hybridized carbons (Fsp3) is 0.0909. The molecule has 0 aliphatic carbocycles. The predicted octanol–water partition coefficient (Wildman–Crippen LogP) is 5.85. The standard InChI is InChI=1S/C22H16ClN3OS/c1-13-4-10-16(11-5-13)26-21(17-3-2-12-28-17)18-19(24-25-20(18)22(26)27)14-6-8-15(23)9-7-14/h2-12,21H,1H3,(H,24,25). The zero-order valence-electron chi connectivity index (χ0n) is 15.0. The third-order valence-electron chi connectivity index (χ3n) is 5.01. The minimum Gasteiger partial charge on any atom is -0.294 e. The van der Waals surface area contributed by atoms with E-state index in [4.69, 9.17) is 11.6 Å². The lowest BCUT2D eigenvalue weighted by Crippen LogP contribution is -2.28. The van der Waals surface area contributed by atoms with Crippen LogP contribution in [-0.2, 0) is 0 Å². The van der Waals surface area contributed by atoms with Crippen LogP contribution in [0.5, 0.6) is 0 Å². The normalized spacial score (nSPS) is 15.9. The number of nitrogens with one attached hydrogen (secondary N) is 1. The zero-order chi connectivity index (χ0) is 19.3. The number of fused-ring (bicyclic) bond motifs is 1. The van der Waals surface area contributed by atoms with E-state index >= 15 is 0 Å². The van der Waals surface area contributed by atoms with E-state index in [1.807, 2.05) is 71.8 Å². The van der Waals surface area contributed by atoms with Crippen LogP contribution in [0.2, 0.25) is 5.02 Å². The number of amides is 1. The fourth-order valence-corrected chi connectivity index (χ4v) is 4.61. The van der Waals surface area contributed by atoms with E-state index in [2.05, 4.69) is 16.3 Å². The molecule has 1 aliphatic heterocycles. The first kappa shape index (κ1) is 17.2. The quantitative estimate of drug-likeness (QED) is 0.464. The monoisotopic (exact) mass is 405 g/mol. The van der Waals surface area contributed by atoms with Gasteiger partial charge in [-0.15, -0.1) is 11.3 Å². The number of H-pyrrole nitrogens is 1. The summed E-state index contributed by atoms with van der Waals surface area (Å²) in [6, 6.07) is 19.5. The number of aromatic nitrogens is 2. The second-order valence-corrected chi connectivity index (χ2v) is 8.21. The van der Waals surface area contributed by atoms with Gasteiger partial charge in [0.2, 0.25) is 0 Å². The number of nitrogens with zero attached hydrogens (tertiary/aromatic N) is 2. The molecule has 0 saturated carbocycles. The van der Waals surface area contributed by atoms with Crippen molar-refractivity contribution >= 4 is 34.5 Å². The van der Waals surface area contributed by atoms with Crippen LogP contribution in [0, 0.1) is 6.92 Å². The van der Waals surface area contributed by atoms with Crippen molar-refractivity contribution in [1.29, 1.82) is 0 Å². The Labute approximate surface area is 171 Å². The van der Waals surface area contributed by atoms with Gasteiger partial charge in [0.1, 0.15) is 11.7 Å². The maximum atomic E-state index is 13.3. The number of anilines is 1. The van der Waals surface area contributed by atoms with E-state index < -0.39 is 0 Å². The molecule has 6 heteroatoms. The highest BCUT2D eigenvalue weighted by atomic mass is 35.5. The number of hydrogen-bond donors (Lipinski definition) is 1. The zero-order valence-corrected chi connectivity index (χ0v) is 16.6. The molecule has 0 saturated heterocycles. The van der Waals surface area contributed by atoms with Crippen LogP contribution < -0.4 is 4.90 Å². The van der Waals surface area contributed by atoms with Crippen molar-refractivity contribution < 1.29 is 4.79 Å². The summed E-state index contributed by atoms with van der Waals surface area (Å²) >= 11 is 7.69. The Hall–Kier alpha value is -2.89. The molecule has 4 aromatic rings. The van der Waals surface area contributed by atoms with Gasteiger partial charge in [0.05, 0.1) is 5.69 Å².